The van der Waals surface area contributed by atoms with Crippen molar-refractivity contribution < 1.29 is 0 Å². The molecule has 0 aromatic rings. The fraction of sp³-hybridized carbons (Fsp3) is 0.833. The third-order valence-electron chi connectivity index (χ3n) is 3.83. The molecular weight excluding hydrogens is 144 g/mol. The summed E-state index contributed by atoms with van der Waals surface area (Å²) < 4.78 is 0. The van der Waals surface area contributed by atoms with E-state index in [1.165, 1.54) is 25.7 Å². The van der Waals surface area contributed by atoms with Gasteiger partial charge in [-0.25, -0.2) is 0 Å². The molecule has 0 radical (unpaired) electrons. The zero-order valence-corrected chi connectivity index (χ0v) is 8.56. The molecular formula is C12H20. The highest BCUT2D eigenvalue weighted by molar-refractivity contribution is 5.29. The summed E-state index contributed by atoms with van der Waals surface area (Å²) in [7, 11) is 0. The maximum absolute atomic E-state index is 2.42. The predicted octanol–water partition coefficient (Wildman–Crippen LogP) is 3.78. The molecule has 0 heteroatoms. The summed E-state index contributed by atoms with van der Waals surface area (Å²) in [6, 6.07) is 0. The molecule has 2 saturated carbocycles. The quantitative estimate of drug-likeness (QED) is 0.478. The molecule has 0 heterocycles. The first kappa shape index (κ1) is 8.34. The zero-order chi connectivity index (χ0) is 8.77. The van der Waals surface area contributed by atoms with E-state index in [-0.39, 0.29) is 0 Å². The number of hydrogen-bond donors (Lipinski definition) is 0. The lowest BCUT2D eigenvalue weighted by molar-refractivity contribution is 0.306. The summed E-state index contributed by atoms with van der Waals surface area (Å²) in [6.45, 7) is 7.05. The second-order valence-corrected chi connectivity index (χ2v) is 5.24. The van der Waals surface area contributed by atoms with Crippen molar-refractivity contribution in [1.29, 1.82) is 0 Å². The van der Waals surface area contributed by atoms with Crippen molar-refractivity contribution in [3.05, 3.63) is 11.6 Å². The van der Waals surface area contributed by atoms with Crippen LogP contribution < -0.4 is 0 Å². The van der Waals surface area contributed by atoms with Gasteiger partial charge in [0.15, 0.2) is 0 Å². The maximum Gasteiger partial charge on any atom is -0.0134 e. The van der Waals surface area contributed by atoms with Gasteiger partial charge in [0.05, 0.1) is 0 Å². The van der Waals surface area contributed by atoms with Crippen LogP contribution in [0.1, 0.15) is 46.5 Å². The first-order chi connectivity index (χ1) is 5.64. The molecule has 0 aromatic heterocycles. The lowest BCUT2D eigenvalue weighted by Crippen LogP contribution is -2.09. The Kier molecular flexibility index (Phi) is 1.82. The summed E-state index contributed by atoms with van der Waals surface area (Å²) >= 11 is 0. The van der Waals surface area contributed by atoms with E-state index in [0.29, 0.717) is 5.41 Å². The highest BCUT2D eigenvalue weighted by Crippen LogP contribution is 2.56. The highest BCUT2D eigenvalue weighted by Gasteiger charge is 2.45. The summed E-state index contributed by atoms with van der Waals surface area (Å²) in [6.07, 6.45) is 8.14. The first-order valence-electron chi connectivity index (χ1n) is 5.30. The Morgan fingerprint density at radius 1 is 1.17 bits per heavy atom. The van der Waals surface area contributed by atoms with Crippen molar-refractivity contribution in [3.63, 3.8) is 0 Å². The van der Waals surface area contributed by atoms with E-state index >= 15 is 0 Å². The van der Waals surface area contributed by atoms with E-state index < -0.39 is 0 Å². The normalized spacial score (nSPS) is 38.4. The van der Waals surface area contributed by atoms with Gasteiger partial charge in [0.2, 0.25) is 0 Å². The van der Waals surface area contributed by atoms with Crippen molar-refractivity contribution in [2.45, 2.75) is 46.5 Å². The lowest BCUT2D eigenvalue weighted by Gasteiger charge is -2.22. The van der Waals surface area contributed by atoms with Crippen LogP contribution in [0.3, 0.4) is 0 Å². The Labute approximate surface area is 76.1 Å². The van der Waals surface area contributed by atoms with Crippen LogP contribution in [-0.4, -0.2) is 0 Å². The molecule has 0 aliphatic heterocycles. The van der Waals surface area contributed by atoms with E-state index in [1.807, 2.05) is 0 Å². The molecule has 0 spiro atoms. The largest absolute Gasteiger partial charge is 0.0879 e. The van der Waals surface area contributed by atoms with Crippen molar-refractivity contribution in [3.8, 4) is 0 Å². The lowest BCUT2D eigenvalue weighted by atomic mass is 9.84. The SMILES string of the molecule is CC=C1C2CCC(C)(C)CCC12. The number of fused-ring (bicyclic) bond motifs is 1. The van der Waals surface area contributed by atoms with E-state index in [9.17, 15) is 0 Å². The van der Waals surface area contributed by atoms with Crippen LogP contribution in [0, 0.1) is 17.3 Å². The van der Waals surface area contributed by atoms with Gasteiger partial charge in [-0.15, -0.1) is 0 Å². The Morgan fingerprint density at radius 2 is 1.67 bits per heavy atom. The van der Waals surface area contributed by atoms with E-state index in [0.717, 1.165) is 11.8 Å². The molecule has 2 aliphatic carbocycles. The molecule has 0 amide bonds. The van der Waals surface area contributed by atoms with E-state index in [4.69, 9.17) is 0 Å². The van der Waals surface area contributed by atoms with Crippen LogP contribution in [0.25, 0.3) is 0 Å². The van der Waals surface area contributed by atoms with Gasteiger partial charge in [-0.1, -0.05) is 25.5 Å². The predicted molar refractivity (Wildman–Crippen MR) is 53.0 cm³/mol. The standard InChI is InChI=1S/C12H20/c1-4-9-10-5-7-12(2,3)8-6-11(9)10/h4,10-11H,5-8H2,1-3H3. The van der Waals surface area contributed by atoms with Gasteiger partial charge in [0.1, 0.15) is 0 Å². The average molecular weight is 164 g/mol. The summed E-state index contributed by atoms with van der Waals surface area (Å²) in [5.41, 5.74) is 2.40. The van der Waals surface area contributed by atoms with Gasteiger partial charge in [-0.2, -0.15) is 0 Å². The average Bonchev–Trinajstić information content (AvgIpc) is 2.70. The van der Waals surface area contributed by atoms with Crippen LogP contribution in [0.2, 0.25) is 0 Å². The maximum atomic E-state index is 2.42. The van der Waals surface area contributed by atoms with Crippen LogP contribution in [-0.2, 0) is 0 Å². The van der Waals surface area contributed by atoms with Gasteiger partial charge >= 0.3 is 0 Å². The third-order valence-corrected chi connectivity index (χ3v) is 3.83. The molecule has 2 rings (SSSR count). The summed E-state index contributed by atoms with van der Waals surface area (Å²) in [4.78, 5) is 0. The Balaban J connectivity index is 2.01. The van der Waals surface area contributed by atoms with Gasteiger partial charge < -0.3 is 0 Å². The fourth-order valence-corrected chi connectivity index (χ4v) is 2.78. The monoisotopic (exact) mass is 164 g/mol. The molecule has 12 heavy (non-hydrogen) atoms. The van der Waals surface area contributed by atoms with Gasteiger partial charge in [0.25, 0.3) is 0 Å². The molecule has 2 atom stereocenters. The minimum absolute atomic E-state index is 0.631. The van der Waals surface area contributed by atoms with Crippen molar-refractivity contribution in [2.75, 3.05) is 0 Å². The number of rotatable bonds is 0. The second-order valence-electron chi connectivity index (χ2n) is 5.24. The molecule has 0 saturated heterocycles. The second kappa shape index (κ2) is 2.61. The molecule has 2 fully saturated rings. The highest BCUT2D eigenvalue weighted by atomic mass is 14.5. The summed E-state index contributed by atoms with van der Waals surface area (Å²) in [5.74, 6) is 1.99. The molecule has 0 bridgehead atoms. The van der Waals surface area contributed by atoms with Gasteiger partial charge in [-0.3, -0.25) is 0 Å². The molecule has 0 aromatic carbocycles. The Morgan fingerprint density at radius 3 is 2.08 bits per heavy atom. The van der Waals surface area contributed by atoms with E-state index in [2.05, 4.69) is 26.8 Å². The minimum Gasteiger partial charge on any atom is -0.0879 e. The Bertz CT molecular complexity index is 192. The topological polar surface area (TPSA) is 0 Å². The van der Waals surface area contributed by atoms with Crippen LogP contribution in [0.15, 0.2) is 11.6 Å². The number of hydrogen-bond acceptors (Lipinski definition) is 0. The van der Waals surface area contributed by atoms with Crippen LogP contribution >= 0.6 is 0 Å². The molecule has 68 valence electrons. The fourth-order valence-electron chi connectivity index (χ4n) is 2.78. The molecule has 0 N–H and O–H groups in total. The van der Waals surface area contributed by atoms with Crippen LogP contribution in [0.4, 0.5) is 0 Å². The zero-order valence-electron chi connectivity index (χ0n) is 8.56. The third kappa shape index (κ3) is 1.32. The molecule has 2 aliphatic rings. The Hall–Kier alpha value is -0.260. The number of allylic oxidation sites excluding steroid dienone is 2. The first-order valence-corrected chi connectivity index (χ1v) is 5.30. The van der Waals surface area contributed by atoms with Crippen molar-refractivity contribution in [2.24, 2.45) is 17.3 Å². The van der Waals surface area contributed by atoms with Crippen LogP contribution in [0.5, 0.6) is 0 Å². The molecule has 2 unspecified atom stereocenters. The molecule has 0 nitrogen and oxygen atoms in total. The van der Waals surface area contributed by atoms with Crippen molar-refractivity contribution in [1.82, 2.24) is 0 Å². The van der Waals surface area contributed by atoms with Gasteiger partial charge in [-0.05, 0) is 49.9 Å². The van der Waals surface area contributed by atoms with E-state index in [1.54, 1.807) is 5.57 Å². The smallest absolute Gasteiger partial charge is 0.0134 e. The van der Waals surface area contributed by atoms with Crippen molar-refractivity contribution >= 4 is 0 Å². The summed E-state index contributed by atoms with van der Waals surface area (Å²) in [5, 5.41) is 0. The minimum atomic E-state index is 0.631. The van der Waals surface area contributed by atoms with Gasteiger partial charge in [0, 0.05) is 0 Å².